The zero-order chi connectivity index (χ0) is 12.3. The van der Waals surface area contributed by atoms with E-state index >= 15 is 0 Å². The zero-order valence-corrected chi connectivity index (χ0v) is 10.5. The van der Waals surface area contributed by atoms with Gasteiger partial charge in [0.25, 0.3) is 0 Å². The molecular weight excluding hydrogens is 214 g/mol. The van der Waals surface area contributed by atoms with Crippen molar-refractivity contribution in [1.29, 1.82) is 0 Å². The first-order chi connectivity index (χ1) is 8.20. The largest absolute Gasteiger partial charge is 0.343 e. The van der Waals surface area contributed by atoms with E-state index in [2.05, 4.69) is 9.97 Å². The van der Waals surface area contributed by atoms with Crippen molar-refractivity contribution in [1.82, 2.24) is 14.9 Å². The van der Waals surface area contributed by atoms with Crippen LogP contribution in [0.2, 0.25) is 0 Å². The van der Waals surface area contributed by atoms with Gasteiger partial charge < -0.3 is 4.90 Å². The summed E-state index contributed by atoms with van der Waals surface area (Å²) in [7, 11) is 0. The fraction of sp³-hybridized carbons (Fsp3) is 0.615. The summed E-state index contributed by atoms with van der Waals surface area (Å²) in [4.78, 5) is 22.3. The number of rotatable bonds is 2. The molecule has 1 fully saturated rings. The number of piperidine rings is 1. The predicted molar refractivity (Wildman–Crippen MR) is 65.6 cm³/mol. The lowest BCUT2D eigenvalue weighted by molar-refractivity contribution is -0.131. The van der Waals surface area contributed by atoms with Crippen LogP contribution in [0.5, 0.6) is 0 Å². The highest BCUT2D eigenvalue weighted by atomic mass is 16.2. The smallest absolute Gasteiger partial charge is 0.222 e. The van der Waals surface area contributed by atoms with Gasteiger partial charge in [-0.05, 0) is 25.8 Å². The molecule has 2 rings (SSSR count). The fourth-order valence-corrected chi connectivity index (χ4v) is 2.28. The Balaban J connectivity index is 1.97. The van der Waals surface area contributed by atoms with Crippen LogP contribution in [0.1, 0.15) is 43.6 Å². The highest BCUT2D eigenvalue weighted by molar-refractivity contribution is 5.75. The van der Waals surface area contributed by atoms with Gasteiger partial charge in [0.2, 0.25) is 5.91 Å². The SMILES string of the molecule is CCC(=O)N1CCC(c2nccc(C)n2)CC1. The Labute approximate surface area is 102 Å². The van der Waals surface area contributed by atoms with E-state index in [1.54, 1.807) is 0 Å². The molecule has 4 nitrogen and oxygen atoms in total. The maximum atomic E-state index is 11.6. The Morgan fingerprint density at radius 1 is 1.47 bits per heavy atom. The second-order valence-corrected chi connectivity index (χ2v) is 4.56. The molecule has 92 valence electrons. The van der Waals surface area contributed by atoms with E-state index in [1.807, 2.05) is 31.0 Å². The molecular formula is C13H19N3O. The van der Waals surface area contributed by atoms with Gasteiger partial charge in [0.15, 0.2) is 0 Å². The van der Waals surface area contributed by atoms with E-state index in [4.69, 9.17) is 0 Å². The van der Waals surface area contributed by atoms with Crippen LogP contribution in [0.15, 0.2) is 12.3 Å². The predicted octanol–water partition coefficient (Wildman–Crippen LogP) is 1.90. The number of hydrogen-bond donors (Lipinski definition) is 0. The third kappa shape index (κ3) is 2.81. The number of aryl methyl sites for hydroxylation is 1. The number of nitrogens with zero attached hydrogens (tertiary/aromatic N) is 3. The van der Waals surface area contributed by atoms with Crippen molar-refractivity contribution in [3.63, 3.8) is 0 Å². The quantitative estimate of drug-likeness (QED) is 0.783. The number of carbonyl (C=O) groups excluding carboxylic acids is 1. The monoisotopic (exact) mass is 233 g/mol. The summed E-state index contributed by atoms with van der Waals surface area (Å²) >= 11 is 0. The Kier molecular flexibility index (Phi) is 3.71. The summed E-state index contributed by atoms with van der Waals surface area (Å²) in [5, 5.41) is 0. The molecule has 0 spiro atoms. The molecule has 0 N–H and O–H groups in total. The Bertz CT molecular complexity index is 397. The maximum Gasteiger partial charge on any atom is 0.222 e. The molecule has 0 unspecified atom stereocenters. The molecule has 17 heavy (non-hydrogen) atoms. The van der Waals surface area contributed by atoms with Crippen LogP contribution in [-0.2, 0) is 4.79 Å². The van der Waals surface area contributed by atoms with Crippen molar-refractivity contribution in [2.24, 2.45) is 0 Å². The molecule has 1 aromatic rings. The van der Waals surface area contributed by atoms with Gasteiger partial charge >= 0.3 is 0 Å². The Morgan fingerprint density at radius 3 is 2.76 bits per heavy atom. The third-order valence-corrected chi connectivity index (χ3v) is 3.33. The average molecular weight is 233 g/mol. The minimum absolute atomic E-state index is 0.258. The third-order valence-electron chi connectivity index (χ3n) is 3.33. The molecule has 1 aliphatic rings. The van der Waals surface area contributed by atoms with Crippen molar-refractivity contribution in [2.75, 3.05) is 13.1 Å². The van der Waals surface area contributed by atoms with Gasteiger partial charge in [0, 0.05) is 37.3 Å². The van der Waals surface area contributed by atoms with Crippen LogP contribution in [0, 0.1) is 6.92 Å². The molecule has 1 saturated heterocycles. The first-order valence-electron chi connectivity index (χ1n) is 6.28. The van der Waals surface area contributed by atoms with Crippen LogP contribution < -0.4 is 0 Å². The molecule has 0 saturated carbocycles. The highest BCUT2D eigenvalue weighted by Gasteiger charge is 2.24. The van der Waals surface area contributed by atoms with Crippen molar-refractivity contribution in [3.8, 4) is 0 Å². The Morgan fingerprint density at radius 2 is 2.18 bits per heavy atom. The van der Waals surface area contributed by atoms with Gasteiger partial charge in [-0.1, -0.05) is 6.92 Å². The molecule has 0 aromatic carbocycles. The topological polar surface area (TPSA) is 46.1 Å². The Hall–Kier alpha value is -1.45. The minimum Gasteiger partial charge on any atom is -0.343 e. The summed E-state index contributed by atoms with van der Waals surface area (Å²) < 4.78 is 0. The molecule has 0 aliphatic carbocycles. The second kappa shape index (κ2) is 5.25. The number of hydrogen-bond acceptors (Lipinski definition) is 3. The van der Waals surface area contributed by atoms with E-state index in [0.717, 1.165) is 37.4 Å². The molecule has 4 heteroatoms. The lowest BCUT2D eigenvalue weighted by Gasteiger charge is -2.31. The maximum absolute atomic E-state index is 11.6. The second-order valence-electron chi connectivity index (χ2n) is 4.56. The van der Waals surface area contributed by atoms with Gasteiger partial charge in [-0.3, -0.25) is 4.79 Å². The molecule has 0 bridgehead atoms. The minimum atomic E-state index is 0.258. The average Bonchev–Trinajstić information content (AvgIpc) is 2.38. The molecule has 2 heterocycles. The summed E-state index contributed by atoms with van der Waals surface area (Å²) in [6.45, 7) is 5.59. The van der Waals surface area contributed by atoms with E-state index in [1.165, 1.54) is 0 Å². The summed E-state index contributed by atoms with van der Waals surface area (Å²) in [6, 6.07) is 1.92. The molecule has 1 amide bonds. The zero-order valence-electron chi connectivity index (χ0n) is 10.5. The van der Waals surface area contributed by atoms with Crippen molar-refractivity contribution < 1.29 is 4.79 Å². The molecule has 0 atom stereocenters. The first-order valence-corrected chi connectivity index (χ1v) is 6.28. The van der Waals surface area contributed by atoms with Gasteiger partial charge in [0.05, 0.1) is 0 Å². The standard InChI is InChI=1S/C13H19N3O/c1-3-12(17)16-8-5-11(6-9-16)13-14-7-4-10(2)15-13/h4,7,11H,3,5-6,8-9H2,1-2H3. The van der Waals surface area contributed by atoms with E-state index in [9.17, 15) is 4.79 Å². The van der Waals surface area contributed by atoms with E-state index in [-0.39, 0.29) is 5.91 Å². The molecule has 1 aliphatic heterocycles. The van der Waals surface area contributed by atoms with Crippen molar-refractivity contribution >= 4 is 5.91 Å². The van der Waals surface area contributed by atoms with Gasteiger partial charge in [-0.2, -0.15) is 0 Å². The summed E-state index contributed by atoms with van der Waals surface area (Å²) in [5.41, 5.74) is 1.02. The first kappa shape index (κ1) is 12.0. The van der Waals surface area contributed by atoms with Crippen LogP contribution >= 0.6 is 0 Å². The van der Waals surface area contributed by atoms with E-state index in [0.29, 0.717) is 12.3 Å². The van der Waals surface area contributed by atoms with E-state index < -0.39 is 0 Å². The highest BCUT2D eigenvalue weighted by Crippen LogP contribution is 2.25. The number of amides is 1. The van der Waals surface area contributed by atoms with Gasteiger partial charge in [0.1, 0.15) is 5.82 Å². The summed E-state index contributed by atoms with van der Waals surface area (Å²) in [6.07, 6.45) is 4.39. The summed E-state index contributed by atoms with van der Waals surface area (Å²) in [5.74, 6) is 1.61. The van der Waals surface area contributed by atoms with Gasteiger partial charge in [-0.25, -0.2) is 9.97 Å². The number of carbonyl (C=O) groups is 1. The van der Waals surface area contributed by atoms with Gasteiger partial charge in [-0.15, -0.1) is 0 Å². The van der Waals surface area contributed by atoms with Crippen LogP contribution in [-0.4, -0.2) is 33.9 Å². The molecule has 0 radical (unpaired) electrons. The van der Waals surface area contributed by atoms with Crippen molar-refractivity contribution in [3.05, 3.63) is 23.8 Å². The van der Waals surface area contributed by atoms with Crippen LogP contribution in [0.4, 0.5) is 0 Å². The lowest BCUT2D eigenvalue weighted by atomic mass is 9.95. The number of likely N-dealkylation sites (tertiary alicyclic amines) is 1. The van der Waals surface area contributed by atoms with Crippen LogP contribution in [0.25, 0.3) is 0 Å². The molecule has 1 aromatic heterocycles. The number of aromatic nitrogens is 2. The van der Waals surface area contributed by atoms with Crippen LogP contribution in [0.3, 0.4) is 0 Å². The van der Waals surface area contributed by atoms with Crippen molar-refractivity contribution in [2.45, 2.75) is 39.0 Å². The fourth-order valence-electron chi connectivity index (χ4n) is 2.28. The lowest BCUT2D eigenvalue weighted by Crippen LogP contribution is -2.37. The normalized spacial score (nSPS) is 17.2.